The molecule has 2 heterocycles. The van der Waals surface area contributed by atoms with Crippen LogP contribution in [-0.4, -0.2) is 27.3 Å². The van der Waals surface area contributed by atoms with Gasteiger partial charge >= 0.3 is 5.97 Å². The SMILES string of the molecule is CCOC(=O)C1=C(C)Nc2nc(SCc3ccccc3C)nn2[C@@H]1c1ccc(C)cc1. The zero-order chi connectivity index (χ0) is 22.0. The van der Waals surface area contributed by atoms with Crippen LogP contribution in [0.15, 0.2) is 65.0 Å². The van der Waals surface area contributed by atoms with Gasteiger partial charge in [0, 0.05) is 11.4 Å². The van der Waals surface area contributed by atoms with Gasteiger partial charge < -0.3 is 10.1 Å². The van der Waals surface area contributed by atoms with E-state index >= 15 is 0 Å². The molecule has 0 radical (unpaired) electrons. The molecule has 0 amide bonds. The number of allylic oxidation sites excluding steroid dienone is 1. The average molecular weight is 435 g/mol. The van der Waals surface area contributed by atoms with Crippen molar-refractivity contribution in [1.29, 1.82) is 0 Å². The van der Waals surface area contributed by atoms with Crippen LogP contribution in [0.5, 0.6) is 0 Å². The lowest BCUT2D eigenvalue weighted by Crippen LogP contribution is -2.29. The van der Waals surface area contributed by atoms with Crippen molar-refractivity contribution in [3.05, 3.63) is 82.1 Å². The largest absolute Gasteiger partial charge is 0.463 e. The van der Waals surface area contributed by atoms with Crippen LogP contribution in [0, 0.1) is 13.8 Å². The fourth-order valence-electron chi connectivity index (χ4n) is 3.64. The van der Waals surface area contributed by atoms with Crippen LogP contribution in [0.4, 0.5) is 5.95 Å². The standard InChI is InChI=1S/C24H26N4O2S/c1-5-30-22(29)20-17(4)25-23-26-24(31-14-19-9-7-6-8-16(19)3)27-28(23)21(20)18-12-10-15(2)11-13-18/h6-13,21H,5,14H2,1-4H3,(H,25,26,27)/t21-/m1/s1. The number of aryl methyl sites for hydroxylation is 2. The van der Waals surface area contributed by atoms with E-state index in [9.17, 15) is 4.79 Å². The van der Waals surface area contributed by atoms with Crippen molar-refractivity contribution in [1.82, 2.24) is 14.8 Å². The minimum absolute atomic E-state index is 0.317. The predicted molar refractivity (Wildman–Crippen MR) is 123 cm³/mol. The Morgan fingerprint density at radius 3 is 2.58 bits per heavy atom. The number of carbonyl (C=O) groups is 1. The molecule has 0 aliphatic carbocycles. The highest BCUT2D eigenvalue weighted by molar-refractivity contribution is 7.98. The summed E-state index contributed by atoms with van der Waals surface area (Å²) in [5.41, 5.74) is 5.92. The van der Waals surface area contributed by atoms with Gasteiger partial charge in [0.15, 0.2) is 0 Å². The van der Waals surface area contributed by atoms with E-state index in [1.807, 2.05) is 57.2 Å². The van der Waals surface area contributed by atoms with E-state index in [1.54, 1.807) is 16.4 Å². The van der Waals surface area contributed by atoms with E-state index in [1.165, 1.54) is 11.1 Å². The Hall–Kier alpha value is -3.06. The van der Waals surface area contributed by atoms with Crippen molar-refractivity contribution in [2.75, 3.05) is 11.9 Å². The maximum Gasteiger partial charge on any atom is 0.338 e. The van der Waals surface area contributed by atoms with Gasteiger partial charge in [0.05, 0.1) is 12.2 Å². The lowest BCUT2D eigenvalue weighted by molar-refractivity contribution is -0.139. The molecule has 0 saturated carbocycles. The van der Waals surface area contributed by atoms with Gasteiger partial charge in [-0.1, -0.05) is 65.9 Å². The lowest BCUT2D eigenvalue weighted by atomic mass is 9.95. The molecule has 1 aliphatic heterocycles. The van der Waals surface area contributed by atoms with Crippen molar-refractivity contribution < 1.29 is 9.53 Å². The van der Waals surface area contributed by atoms with Gasteiger partial charge in [-0.2, -0.15) is 4.98 Å². The summed E-state index contributed by atoms with van der Waals surface area (Å²) in [7, 11) is 0. The number of aromatic nitrogens is 3. The van der Waals surface area contributed by atoms with Gasteiger partial charge in [-0.3, -0.25) is 0 Å². The molecular weight excluding hydrogens is 408 g/mol. The third-order valence-electron chi connectivity index (χ3n) is 5.34. The number of ether oxygens (including phenoxy) is 1. The summed E-state index contributed by atoms with van der Waals surface area (Å²) in [5.74, 6) is 1.07. The zero-order valence-electron chi connectivity index (χ0n) is 18.2. The number of hydrogen-bond acceptors (Lipinski definition) is 6. The number of esters is 1. The number of fused-ring (bicyclic) bond motifs is 1. The first-order valence-electron chi connectivity index (χ1n) is 10.3. The fraction of sp³-hybridized carbons (Fsp3) is 0.292. The van der Waals surface area contributed by atoms with E-state index in [2.05, 4.69) is 24.4 Å². The van der Waals surface area contributed by atoms with Crippen LogP contribution < -0.4 is 5.32 Å². The van der Waals surface area contributed by atoms with E-state index in [0.29, 0.717) is 23.3 Å². The van der Waals surface area contributed by atoms with Gasteiger partial charge in [0.25, 0.3) is 0 Å². The van der Waals surface area contributed by atoms with Crippen molar-refractivity contribution in [2.24, 2.45) is 0 Å². The van der Waals surface area contributed by atoms with E-state index in [-0.39, 0.29) is 5.97 Å². The predicted octanol–water partition coefficient (Wildman–Crippen LogP) is 5.04. The van der Waals surface area contributed by atoms with Crippen LogP contribution in [0.25, 0.3) is 0 Å². The zero-order valence-corrected chi connectivity index (χ0v) is 19.0. The van der Waals surface area contributed by atoms with Gasteiger partial charge in [-0.15, -0.1) is 5.10 Å². The molecule has 0 saturated heterocycles. The second kappa shape index (κ2) is 8.98. The summed E-state index contributed by atoms with van der Waals surface area (Å²) in [6.45, 7) is 8.16. The van der Waals surface area contributed by atoms with Crippen LogP contribution in [0.1, 0.15) is 42.1 Å². The number of hydrogen-bond donors (Lipinski definition) is 1. The highest BCUT2D eigenvalue weighted by atomic mass is 32.2. The lowest BCUT2D eigenvalue weighted by Gasteiger charge is -2.28. The van der Waals surface area contributed by atoms with Crippen molar-refractivity contribution in [2.45, 2.75) is 44.6 Å². The number of rotatable bonds is 6. The molecule has 6 nitrogen and oxygen atoms in total. The molecule has 2 aromatic carbocycles. The molecule has 31 heavy (non-hydrogen) atoms. The van der Waals surface area contributed by atoms with Crippen LogP contribution in [0.3, 0.4) is 0 Å². The Kier molecular flexibility index (Phi) is 6.13. The molecule has 1 aromatic heterocycles. The monoisotopic (exact) mass is 434 g/mol. The summed E-state index contributed by atoms with van der Waals surface area (Å²) < 4.78 is 7.16. The van der Waals surface area contributed by atoms with Crippen LogP contribution in [-0.2, 0) is 15.3 Å². The van der Waals surface area contributed by atoms with E-state index in [0.717, 1.165) is 22.6 Å². The number of benzene rings is 2. The van der Waals surface area contributed by atoms with Gasteiger partial charge in [0.1, 0.15) is 6.04 Å². The Morgan fingerprint density at radius 1 is 1.13 bits per heavy atom. The second-order valence-electron chi connectivity index (χ2n) is 7.58. The molecule has 160 valence electrons. The van der Waals surface area contributed by atoms with Gasteiger partial charge in [-0.25, -0.2) is 9.48 Å². The Balaban J connectivity index is 1.70. The van der Waals surface area contributed by atoms with Crippen LogP contribution >= 0.6 is 11.8 Å². The van der Waals surface area contributed by atoms with E-state index in [4.69, 9.17) is 14.8 Å². The first kappa shape index (κ1) is 21.2. The molecule has 3 aromatic rings. The molecule has 0 unspecified atom stereocenters. The second-order valence-corrected chi connectivity index (χ2v) is 8.52. The normalized spacial score (nSPS) is 15.4. The van der Waals surface area contributed by atoms with Crippen molar-refractivity contribution in [3.63, 3.8) is 0 Å². The number of thioether (sulfide) groups is 1. The Morgan fingerprint density at radius 2 is 1.87 bits per heavy atom. The summed E-state index contributed by atoms with van der Waals surface area (Å²) >= 11 is 1.58. The first-order valence-corrected chi connectivity index (χ1v) is 11.3. The highest BCUT2D eigenvalue weighted by Crippen LogP contribution is 2.37. The fourth-order valence-corrected chi connectivity index (χ4v) is 4.54. The minimum Gasteiger partial charge on any atom is -0.463 e. The molecule has 7 heteroatoms. The summed E-state index contributed by atoms with van der Waals surface area (Å²) in [6, 6.07) is 16.1. The topological polar surface area (TPSA) is 69.0 Å². The Bertz CT molecular complexity index is 1130. The molecule has 1 aliphatic rings. The summed E-state index contributed by atoms with van der Waals surface area (Å²) in [5, 5.41) is 8.68. The van der Waals surface area contributed by atoms with Gasteiger partial charge in [0.2, 0.25) is 11.1 Å². The summed E-state index contributed by atoms with van der Waals surface area (Å²) in [4.78, 5) is 17.5. The third kappa shape index (κ3) is 4.37. The summed E-state index contributed by atoms with van der Waals surface area (Å²) in [6.07, 6.45) is 0. The van der Waals surface area contributed by atoms with Crippen LogP contribution in [0.2, 0.25) is 0 Å². The maximum absolute atomic E-state index is 12.8. The quantitative estimate of drug-likeness (QED) is 0.433. The number of nitrogens with zero attached hydrogens (tertiary/aromatic N) is 3. The molecule has 4 rings (SSSR count). The molecule has 0 spiro atoms. The third-order valence-corrected chi connectivity index (χ3v) is 6.23. The number of anilines is 1. The molecular formula is C24H26N4O2S. The minimum atomic E-state index is -0.392. The molecule has 0 fully saturated rings. The number of carbonyl (C=O) groups excluding carboxylic acids is 1. The smallest absolute Gasteiger partial charge is 0.338 e. The maximum atomic E-state index is 12.8. The first-order chi connectivity index (χ1) is 15.0. The number of nitrogens with one attached hydrogen (secondary N) is 1. The highest BCUT2D eigenvalue weighted by Gasteiger charge is 2.35. The van der Waals surface area contributed by atoms with E-state index < -0.39 is 6.04 Å². The average Bonchev–Trinajstić information content (AvgIpc) is 3.15. The van der Waals surface area contributed by atoms with Crippen molar-refractivity contribution in [3.8, 4) is 0 Å². The van der Waals surface area contributed by atoms with Gasteiger partial charge in [-0.05, 0) is 44.4 Å². The molecule has 0 bridgehead atoms. The van der Waals surface area contributed by atoms with Crippen molar-refractivity contribution >= 4 is 23.7 Å². The molecule has 1 N–H and O–H groups in total. The molecule has 1 atom stereocenters. The Labute approximate surface area is 186 Å².